The fraction of sp³-hybridized carbons (Fsp3) is 0.300. The lowest BCUT2D eigenvalue weighted by atomic mass is 9.94. The highest BCUT2D eigenvalue weighted by molar-refractivity contribution is 5.97. The van der Waals surface area contributed by atoms with Crippen molar-refractivity contribution in [1.82, 2.24) is 5.32 Å². The van der Waals surface area contributed by atoms with Crippen molar-refractivity contribution in [2.45, 2.75) is 19.1 Å². The maximum absolute atomic E-state index is 13.7. The summed E-state index contributed by atoms with van der Waals surface area (Å²) in [5, 5.41) is 13.0. The largest absolute Gasteiger partial charge is 0.346 e. The van der Waals surface area contributed by atoms with Crippen LogP contribution in [-0.2, 0) is 0 Å². The number of fused-ring (bicyclic) bond motifs is 1. The molecule has 0 saturated heterocycles. The molecule has 16 heavy (non-hydrogen) atoms. The number of nitrogens with one attached hydrogen (secondary N) is 1. The fourth-order valence-corrected chi connectivity index (χ4v) is 1.73. The maximum Gasteiger partial charge on any atom is 0.269 e. The van der Waals surface area contributed by atoms with Crippen LogP contribution in [0.25, 0.3) is 0 Å². The topological polar surface area (TPSA) is 72.2 Å². The van der Waals surface area contributed by atoms with Gasteiger partial charge in [0.25, 0.3) is 11.6 Å². The molecule has 1 amide bonds. The Balaban J connectivity index is 2.55. The van der Waals surface area contributed by atoms with Gasteiger partial charge in [-0.1, -0.05) is 0 Å². The molecule has 1 aliphatic heterocycles. The van der Waals surface area contributed by atoms with Crippen molar-refractivity contribution < 1.29 is 14.1 Å². The average Bonchev–Trinajstić information content (AvgIpc) is 2.25. The number of rotatable bonds is 1. The van der Waals surface area contributed by atoms with E-state index in [1.54, 1.807) is 0 Å². The molecule has 0 radical (unpaired) electrons. The molecular formula is C10H9FN2O3. The SMILES string of the molecule is CC1NC(=O)c2ccc([N+](=O)[O-])cc2C1F. The fourth-order valence-electron chi connectivity index (χ4n) is 1.73. The molecule has 0 bridgehead atoms. The number of amides is 1. The Kier molecular flexibility index (Phi) is 2.34. The van der Waals surface area contributed by atoms with Crippen molar-refractivity contribution in [2.75, 3.05) is 0 Å². The molecular weight excluding hydrogens is 215 g/mol. The molecule has 0 fully saturated rings. The summed E-state index contributed by atoms with van der Waals surface area (Å²) in [4.78, 5) is 21.4. The lowest BCUT2D eigenvalue weighted by Crippen LogP contribution is -2.41. The molecule has 6 heteroatoms. The van der Waals surface area contributed by atoms with Crippen LogP contribution in [0.3, 0.4) is 0 Å². The van der Waals surface area contributed by atoms with Crippen molar-refractivity contribution in [3.63, 3.8) is 0 Å². The molecule has 0 aromatic heterocycles. The minimum atomic E-state index is -1.41. The Morgan fingerprint density at radius 2 is 2.19 bits per heavy atom. The highest BCUT2D eigenvalue weighted by Gasteiger charge is 2.32. The van der Waals surface area contributed by atoms with Crippen molar-refractivity contribution in [2.24, 2.45) is 0 Å². The monoisotopic (exact) mass is 224 g/mol. The van der Waals surface area contributed by atoms with Crippen LogP contribution in [-0.4, -0.2) is 16.9 Å². The highest BCUT2D eigenvalue weighted by Crippen LogP contribution is 2.31. The highest BCUT2D eigenvalue weighted by atomic mass is 19.1. The van der Waals surface area contributed by atoms with E-state index in [2.05, 4.69) is 5.32 Å². The minimum Gasteiger partial charge on any atom is -0.346 e. The van der Waals surface area contributed by atoms with E-state index in [1.807, 2.05) is 0 Å². The van der Waals surface area contributed by atoms with Gasteiger partial charge in [0.1, 0.15) is 6.17 Å². The van der Waals surface area contributed by atoms with Gasteiger partial charge in [-0.3, -0.25) is 14.9 Å². The zero-order valence-electron chi connectivity index (χ0n) is 8.44. The normalized spacial score (nSPS) is 23.5. The first-order chi connectivity index (χ1) is 7.50. The minimum absolute atomic E-state index is 0.0884. The maximum atomic E-state index is 13.7. The van der Waals surface area contributed by atoms with Gasteiger partial charge in [-0.25, -0.2) is 4.39 Å². The van der Waals surface area contributed by atoms with E-state index in [-0.39, 0.29) is 16.8 Å². The van der Waals surface area contributed by atoms with E-state index < -0.39 is 23.0 Å². The first kappa shape index (κ1) is 10.5. The molecule has 2 atom stereocenters. The summed E-state index contributed by atoms with van der Waals surface area (Å²) in [7, 11) is 0. The number of hydrogen-bond donors (Lipinski definition) is 1. The summed E-state index contributed by atoms with van der Waals surface area (Å²) >= 11 is 0. The van der Waals surface area contributed by atoms with Gasteiger partial charge in [0.05, 0.1) is 11.0 Å². The Labute approximate surface area is 90.4 Å². The third-order valence-corrected chi connectivity index (χ3v) is 2.59. The lowest BCUT2D eigenvalue weighted by Gasteiger charge is -2.25. The van der Waals surface area contributed by atoms with E-state index >= 15 is 0 Å². The molecule has 84 valence electrons. The summed E-state index contributed by atoms with van der Waals surface area (Å²) in [6.07, 6.45) is -1.41. The van der Waals surface area contributed by atoms with Gasteiger partial charge in [-0.2, -0.15) is 0 Å². The van der Waals surface area contributed by atoms with Crippen LogP contribution >= 0.6 is 0 Å². The summed E-state index contributed by atoms with van der Waals surface area (Å²) < 4.78 is 13.7. The van der Waals surface area contributed by atoms with Crippen molar-refractivity contribution in [3.8, 4) is 0 Å². The molecule has 1 N–H and O–H groups in total. The molecule has 1 heterocycles. The molecule has 2 rings (SSSR count). The molecule has 0 spiro atoms. The third kappa shape index (κ3) is 1.52. The summed E-state index contributed by atoms with van der Waals surface area (Å²) in [6.45, 7) is 1.52. The molecule has 0 saturated carbocycles. The second-order valence-corrected chi connectivity index (χ2v) is 3.69. The Hall–Kier alpha value is -1.98. The van der Waals surface area contributed by atoms with Crippen LogP contribution in [0.5, 0.6) is 0 Å². The van der Waals surface area contributed by atoms with Crippen molar-refractivity contribution in [1.29, 1.82) is 0 Å². The number of nitro benzene ring substituents is 1. The van der Waals surface area contributed by atoms with Crippen LogP contribution in [0.4, 0.5) is 10.1 Å². The van der Waals surface area contributed by atoms with Crippen LogP contribution in [0, 0.1) is 10.1 Å². The predicted molar refractivity (Wildman–Crippen MR) is 53.9 cm³/mol. The number of halogens is 1. The van der Waals surface area contributed by atoms with E-state index in [0.717, 1.165) is 6.07 Å². The standard InChI is InChI=1S/C10H9FN2O3/c1-5-9(11)8-4-6(13(15)16)2-3-7(8)10(14)12-5/h2-5,9H,1H3,(H,12,14). The van der Waals surface area contributed by atoms with Gasteiger partial charge in [0, 0.05) is 23.3 Å². The Bertz CT molecular complexity index is 475. The lowest BCUT2D eigenvalue weighted by molar-refractivity contribution is -0.385. The number of hydrogen-bond acceptors (Lipinski definition) is 3. The Morgan fingerprint density at radius 1 is 1.50 bits per heavy atom. The second kappa shape index (κ2) is 3.55. The van der Waals surface area contributed by atoms with E-state index in [9.17, 15) is 19.3 Å². The van der Waals surface area contributed by atoms with Gasteiger partial charge in [0.15, 0.2) is 0 Å². The Morgan fingerprint density at radius 3 is 2.81 bits per heavy atom. The second-order valence-electron chi connectivity index (χ2n) is 3.69. The first-order valence-electron chi connectivity index (χ1n) is 4.74. The van der Waals surface area contributed by atoms with Crippen LogP contribution in [0.2, 0.25) is 0 Å². The number of nitrogens with zero attached hydrogens (tertiary/aromatic N) is 1. The number of carbonyl (C=O) groups excluding carboxylic acids is 1. The summed E-state index contributed by atoms with van der Waals surface area (Å²) in [6, 6.07) is 2.93. The summed E-state index contributed by atoms with van der Waals surface area (Å²) in [5.41, 5.74) is 0.0463. The molecule has 0 aliphatic carbocycles. The van der Waals surface area contributed by atoms with Crippen LogP contribution in [0.15, 0.2) is 18.2 Å². The number of non-ortho nitro benzene ring substituents is 1. The van der Waals surface area contributed by atoms with Crippen molar-refractivity contribution >= 4 is 11.6 Å². The van der Waals surface area contributed by atoms with Gasteiger partial charge >= 0.3 is 0 Å². The van der Waals surface area contributed by atoms with E-state index in [4.69, 9.17) is 0 Å². The van der Waals surface area contributed by atoms with Gasteiger partial charge < -0.3 is 5.32 Å². The number of carbonyl (C=O) groups is 1. The van der Waals surface area contributed by atoms with Crippen LogP contribution in [0.1, 0.15) is 29.0 Å². The average molecular weight is 224 g/mol. The summed E-state index contributed by atoms with van der Waals surface area (Å²) in [5.74, 6) is -0.397. The van der Waals surface area contributed by atoms with Gasteiger partial charge in [-0.05, 0) is 13.0 Å². The predicted octanol–water partition coefficient (Wildman–Crippen LogP) is 1.74. The quantitative estimate of drug-likeness (QED) is 0.583. The molecule has 1 aliphatic rings. The van der Waals surface area contributed by atoms with Gasteiger partial charge in [0.2, 0.25) is 0 Å². The molecule has 1 aromatic carbocycles. The zero-order chi connectivity index (χ0) is 11.9. The zero-order valence-corrected chi connectivity index (χ0v) is 8.44. The van der Waals surface area contributed by atoms with Crippen LogP contribution < -0.4 is 5.32 Å². The number of benzene rings is 1. The third-order valence-electron chi connectivity index (χ3n) is 2.59. The number of alkyl halides is 1. The van der Waals surface area contributed by atoms with E-state index in [0.29, 0.717) is 0 Å². The molecule has 2 unspecified atom stereocenters. The molecule has 1 aromatic rings. The van der Waals surface area contributed by atoms with E-state index in [1.165, 1.54) is 19.1 Å². The molecule has 5 nitrogen and oxygen atoms in total. The smallest absolute Gasteiger partial charge is 0.269 e. The number of nitro groups is 1. The van der Waals surface area contributed by atoms with Crippen molar-refractivity contribution in [3.05, 3.63) is 39.4 Å². The van der Waals surface area contributed by atoms with Gasteiger partial charge in [-0.15, -0.1) is 0 Å². The first-order valence-corrected chi connectivity index (χ1v) is 4.74.